The molecule has 0 atom stereocenters. The topological polar surface area (TPSA) is 86.8 Å². The van der Waals surface area contributed by atoms with E-state index in [1.54, 1.807) is 0 Å². The van der Waals surface area contributed by atoms with Gasteiger partial charge in [0.25, 0.3) is 0 Å². The fourth-order valence-corrected chi connectivity index (χ4v) is 1.01. The van der Waals surface area contributed by atoms with Crippen LogP contribution in [0.15, 0.2) is 0 Å². The van der Waals surface area contributed by atoms with E-state index in [9.17, 15) is 0 Å². The Kier molecular flexibility index (Phi) is 5.78. The fraction of sp³-hybridized carbons (Fsp3) is 0.889. The number of nitrogens with zero attached hydrogens (tertiary/aromatic N) is 1. The molecule has 0 rings (SSSR count). The van der Waals surface area contributed by atoms with Gasteiger partial charge in [-0.1, -0.05) is 0 Å². The molecule has 0 bridgehead atoms. The smallest absolute Gasteiger partial charge is 0.450 e. The molecule has 5 heteroatoms. The van der Waals surface area contributed by atoms with E-state index >= 15 is 0 Å². The average Bonchev–Trinajstić information content (AvgIpc) is 1.80. The lowest BCUT2D eigenvalue weighted by Gasteiger charge is -2.41. The van der Waals surface area contributed by atoms with E-state index in [0.29, 0.717) is 0 Å². The number of hydrazine groups is 1. The molecule has 0 saturated carbocycles. The molecule has 0 heterocycles. The minimum Gasteiger partial charge on any atom is -0.450 e. The molecule has 14 heavy (non-hydrogen) atoms. The van der Waals surface area contributed by atoms with Crippen LogP contribution in [0.2, 0.25) is 0 Å². The van der Waals surface area contributed by atoms with E-state index in [0.717, 1.165) is 0 Å². The van der Waals surface area contributed by atoms with Crippen molar-refractivity contribution in [2.75, 3.05) is 0 Å². The van der Waals surface area contributed by atoms with Crippen LogP contribution in [0.25, 0.3) is 0 Å². The maximum atomic E-state index is 8.56. The molecule has 0 unspecified atom stereocenters. The van der Waals surface area contributed by atoms with Crippen molar-refractivity contribution in [1.29, 1.82) is 0 Å². The van der Waals surface area contributed by atoms with Crippen LogP contribution in [-0.2, 0) is 0 Å². The summed E-state index contributed by atoms with van der Waals surface area (Å²) in [4.78, 5) is 8.56. The fourth-order valence-electron chi connectivity index (χ4n) is 1.01. The third-order valence-corrected chi connectivity index (χ3v) is 1.45. The van der Waals surface area contributed by atoms with Crippen LogP contribution in [0.3, 0.4) is 0 Å². The Balaban J connectivity index is 0. The van der Waals surface area contributed by atoms with Gasteiger partial charge in [-0.15, -0.1) is 0 Å². The highest BCUT2D eigenvalue weighted by atomic mass is 16.6. The standard InChI is InChI=1S/C8H20N2.CH2O3/c1-7(2,3)10(9)8(4,5)6;2-1(3)4/h9H2,1-6H3;(H2,2,3,4). The molecule has 4 N–H and O–H groups in total. The van der Waals surface area contributed by atoms with Gasteiger partial charge in [0.05, 0.1) is 0 Å². The van der Waals surface area contributed by atoms with E-state index in [1.807, 2.05) is 5.01 Å². The van der Waals surface area contributed by atoms with Gasteiger partial charge < -0.3 is 10.2 Å². The maximum Gasteiger partial charge on any atom is 0.503 e. The molecule has 0 aromatic rings. The summed E-state index contributed by atoms with van der Waals surface area (Å²) in [5.41, 5.74) is 0.108. The first-order chi connectivity index (χ1) is 5.89. The lowest BCUT2D eigenvalue weighted by molar-refractivity contribution is 0.0381. The lowest BCUT2D eigenvalue weighted by Crippen LogP contribution is -2.56. The van der Waals surface area contributed by atoms with Gasteiger partial charge in [0.1, 0.15) is 0 Å². The number of carboxylic acid groups (broad SMARTS) is 2. The van der Waals surface area contributed by atoms with Gasteiger partial charge in [0, 0.05) is 11.1 Å². The number of carbonyl (C=O) groups is 1. The first kappa shape index (κ1) is 15.7. The first-order valence-electron chi connectivity index (χ1n) is 4.36. The lowest BCUT2D eigenvalue weighted by atomic mass is 9.99. The number of rotatable bonds is 0. The third-order valence-electron chi connectivity index (χ3n) is 1.45. The Morgan fingerprint density at radius 1 is 1.00 bits per heavy atom. The molecule has 0 amide bonds. The summed E-state index contributed by atoms with van der Waals surface area (Å²) < 4.78 is 0. The summed E-state index contributed by atoms with van der Waals surface area (Å²) in [6.45, 7) is 12.7. The zero-order valence-corrected chi connectivity index (χ0v) is 9.83. The van der Waals surface area contributed by atoms with E-state index in [4.69, 9.17) is 20.9 Å². The monoisotopic (exact) mass is 206 g/mol. The second-order valence-electron chi connectivity index (χ2n) is 4.99. The summed E-state index contributed by atoms with van der Waals surface area (Å²) in [5, 5.41) is 15.8. The van der Waals surface area contributed by atoms with Gasteiger partial charge >= 0.3 is 6.16 Å². The molecule has 5 nitrogen and oxygen atoms in total. The van der Waals surface area contributed by atoms with E-state index in [2.05, 4.69) is 41.5 Å². The van der Waals surface area contributed by atoms with Gasteiger partial charge in [-0.05, 0) is 41.5 Å². The SMILES string of the molecule is CC(C)(C)N(N)C(C)(C)C.O=C(O)O. The summed E-state index contributed by atoms with van der Waals surface area (Å²) >= 11 is 0. The van der Waals surface area contributed by atoms with Gasteiger partial charge in [0.15, 0.2) is 0 Å². The molecule has 0 aromatic carbocycles. The second-order valence-corrected chi connectivity index (χ2v) is 4.99. The van der Waals surface area contributed by atoms with E-state index in [-0.39, 0.29) is 11.1 Å². The molecule has 86 valence electrons. The molecule has 0 saturated heterocycles. The zero-order chi connectivity index (χ0) is 12.2. The Labute approximate surface area is 85.5 Å². The van der Waals surface area contributed by atoms with Crippen molar-refractivity contribution in [3.8, 4) is 0 Å². The average molecular weight is 206 g/mol. The van der Waals surface area contributed by atoms with Crippen molar-refractivity contribution < 1.29 is 15.0 Å². The van der Waals surface area contributed by atoms with Crippen LogP contribution >= 0.6 is 0 Å². The highest BCUT2D eigenvalue weighted by Crippen LogP contribution is 2.19. The Morgan fingerprint density at radius 3 is 1.14 bits per heavy atom. The first-order valence-corrected chi connectivity index (χ1v) is 4.36. The van der Waals surface area contributed by atoms with Crippen molar-refractivity contribution >= 4 is 6.16 Å². The van der Waals surface area contributed by atoms with E-state index in [1.165, 1.54) is 0 Å². The van der Waals surface area contributed by atoms with Crippen molar-refractivity contribution in [2.24, 2.45) is 5.84 Å². The predicted octanol–water partition coefficient (Wildman–Crippen LogP) is 1.98. The van der Waals surface area contributed by atoms with Gasteiger partial charge in [0.2, 0.25) is 0 Å². The Morgan fingerprint density at radius 2 is 1.14 bits per heavy atom. The molecule has 0 aliphatic carbocycles. The van der Waals surface area contributed by atoms with Gasteiger partial charge in [-0.25, -0.2) is 9.80 Å². The third kappa shape index (κ3) is 9.28. The molecule has 0 radical (unpaired) electrons. The van der Waals surface area contributed by atoms with Crippen LogP contribution in [0.4, 0.5) is 4.79 Å². The van der Waals surface area contributed by atoms with Crippen molar-refractivity contribution in [3.05, 3.63) is 0 Å². The highest BCUT2D eigenvalue weighted by Gasteiger charge is 2.27. The highest BCUT2D eigenvalue weighted by molar-refractivity contribution is 5.53. The van der Waals surface area contributed by atoms with Gasteiger partial charge in [-0.2, -0.15) is 0 Å². The maximum absolute atomic E-state index is 8.56. The second kappa shape index (κ2) is 5.17. The largest absolute Gasteiger partial charge is 0.503 e. The van der Waals surface area contributed by atoms with Crippen LogP contribution in [0.5, 0.6) is 0 Å². The molecular weight excluding hydrogens is 184 g/mol. The Bertz CT molecular complexity index is 161. The van der Waals surface area contributed by atoms with Gasteiger partial charge in [-0.3, -0.25) is 5.84 Å². The molecule has 0 aliphatic rings. The molecular formula is C9H22N2O3. The Hall–Kier alpha value is -0.810. The molecule has 0 spiro atoms. The molecule has 0 aromatic heterocycles. The predicted molar refractivity (Wildman–Crippen MR) is 56.2 cm³/mol. The van der Waals surface area contributed by atoms with Crippen LogP contribution in [-0.4, -0.2) is 32.5 Å². The van der Waals surface area contributed by atoms with Crippen LogP contribution < -0.4 is 5.84 Å². The van der Waals surface area contributed by atoms with E-state index < -0.39 is 6.16 Å². The normalized spacial score (nSPS) is 12.0. The molecule has 0 fully saturated rings. The quantitative estimate of drug-likeness (QED) is 0.416. The summed E-state index contributed by atoms with van der Waals surface area (Å²) in [6, 6.07) is 0. The zero-order valence-electron chi connectivity index (χ0n) is 9.83. The summed E-state index contributed by atoms with van der Waals surface area (Å²) in [7, 11) is 0. The summed E-state index contributed by atoms with van der Waals surface area (Å²) in [5.74, 6) is 5.86. The minimum atomic E-state index is -1.83. The minimum absolute atomic E-state index is 0.0538. The number of hydrogen-bond acceptors (Lipinski definition) is 3. The van der Waals surface area contributed by atoms with Crippen molar-refractivity contribution in [1.82, 2.24) is 5.01 Å². The van der Waals surface area contributed by atoms with Crippen LogP contribution in [0, 0.1) is 0 Å². The van der Waals surface area contributed by atoms with Crippen molar-refractivity contribution in [3.63, 3.8) is 0 Å². The molecule has 0 aliphatic heterocycles. The van der Waals surface area contributed by atoms with Crippen LogP contribution in [0.1, 0.15) is 41.5 Å². The van der Waals surface area contributed by atoms with Crippen molar-refractivity contribution in [2.45, 2.75) is 52.6 Å². The summed E-state index contributed by atoms with van der Waals surface area (Å²) in [6.07, 6.45) is -1.83. The number of nitrogens with two attached hydrogens (primary N) is 1. The number of hydrogen-bond donors (Lipinski definition) is 3.